The van der Waals surface area contributed by atoms with Crippen LogP contribution in [-0.4, -0.2) is 41.2 Å². The van der Waals surface area contributed by atoms with Crippen LogP contribution in [0.2, 0.25) is 0 Å². The van der Waals surface area contributed by atoms with Crippen LogP contribution in [0.4, 0.5) is 0 Å². The van der Waals surface area contributed by atoms with Crippen LogP contribution in [0.15, 0.2) is 33.9 Å². The molecule has 1 aromatic carbocycles. The van der Waals surface area contributed by atoms with Gasteiger partial charge in [0.05, 0.1) is 19.8 Å². The zero-order valence-corrected chi connectivity index (χ0v) is 15.9. The molecule has 0 bridgehead atoms. The Balaban J connectivity index is 1.92. The van der Waals surface area contributed by atoms with Crippen molar-refractivity contribution >= 4 is 39.8 Å². The van der Waals surface area contributed by atoms with Crippen LogP contribution in [-0.2, 0) is 4.79 Å². The zero-order valence-electron chi connectivity index (χ0n) is 15.1. The normalized spacial score (nSPS) is 18.2. The summed E-state index contributed by atoms with van der Waals surface area (Å²) < 4.78 is 10.5. The second-order valence-electron chi connectivity index (χ2n) is 6.23. The fourth-order valence-electron chi connectivity index (χ4n) is 2.57. The minimum atomic E-state index is -0.440. The molecule has 26 heavy (non-hydrogen) atoms. The summed E-state index contributed by atoms with van der Waals surface area (Å²) in [5.41, 5.74) is 0.906. The number of carbonyl (C=O) groups is 1. The number of benzene rings is 1. The molecule has 1 aromatic rings. The van der Waals surface area contributed by atoms with Crippen molar-refractivity contribution in [1.82, 2.24) is 5.01 Å². The van der Waals surface area contributed by atoms with E-state index in [4.69, 9.17) is 14.9 Å². The number of methoxy groups -OCH3 is 2. The van der Waals surface area contributed by atoms with Gasteiger partial charge in [0.15, 0.2) is 17.3 Å². The van der Waals surface area contributed by atoms with Crippen LogP contribution >= 0.6 is 11.8 Å². The number of carbonyl (C=O) groups excluding carboxylic acids is 1. The van der Waals surface area contributed by atoms with E-state index >= 15 is 0 Å². The summed E-state index contributed by atoms with van der Waals surface area (Å²) in [7, 11) is 3.11. The Labute approximate surface area is 156 Å². The van der Waals surface area contributed by atoms with Gasteiger partial charge in [-0.2, -0.15) is 15.1 Å². The lowest BCUT2D eigenvalue weighted by molar-refractivity contribution is -0.114. The van der Waals surface area contributed by atoms with Gasteiger partial charge >= 0.3 is 0 Å². The standard InChI is InChI=1S/C18H20N4O3S/c1-10(2)7-15-21-22-16(19)12(17(23)20-18(22)26-15)8-11-5-6-13(24-3)14(9-11)25-4/h5-6,8-10,19H,7H2,1-4H3. The van der Waals surface area contributed by atoms with E-state index in [0.717, 1.165) is 11.5 Å². The molecule has 0 radical (unpaired) electrons. The maximum absolute atomic E-state index is 12.4. The molecule has 0 atom stereocenters. The fourth-order valence-corrected chi connectivity index (χ4v) is 3.67. The first-order valence-electron chi connectivity index (χ1n) is 8.14. The van der Waals surface area contributed by atoms with Crippen molar-refractivity contribution in [2.75, 3.05) is 14.2 Å². The van der Waals surface area contributed by atoms with Gasteiger partial charge in [-0.3, -0.25) is 10.2 Å². The van der Waals surface area contributed by atoms with Crippen LogP contribution in [0.25, 0.3) is 6.08 Å². The minimum Gasteiger partial charge on any atom is -0.493 e. The number of hydrazone groups is 1. The monoisotopic (exact) mass is 372 g/mol. The molecule has 1 amide bonds. The smallest absolute Gasteiger partial charge is 0.283 e. The molecule has 0 fully saturated rings. The zero-order chi connectivity index (χ0) is 18.8. The first kappa shape index (κ1) is 18.2. The molecular weight excluding hydrogens is 352 g/mol. The lowest BCUT2D eigenvalue weighted by Gasteiger charge is -2.20. The summed E-state index contributed by atoms with van der Waals surface area (Å²) in [6.07, 6.45) is 2.41. The molecule has 7 nitrogen and oxygen atoms in total. The third kappa shape index (κ3) is 3.50. The summed E-state index contributed by atoms with van der Waals surface area (Å²) in [5.74, 6) is 1.18. The number of fused-ring (bicyclic) bond motifs is 1. The van der Waals surface area contributed by atoms with Gasteiger partial charge in [-0.1, -0.05) is 19.9 Å². The van der Waals surface area contributed by atoms with Crippen molar-refractivity contribution in [3.8, 4) is 11.5 Å². The molecule has 136 valence electrons. The lowest BCUT2D eigenvalue weighted by Crippen LogP contribution is -2.35. The van der Waals surface area contributed by atoms with Gasteiger partial charge < -0.3 is 9.47 Å². The van der Waals surface area contributed by atoms with Gasteiger partial charge in [-0.25, -0.2) is 0 Å². The molecular formula is C18H20N4O3S. The van der Waals surface area contributed by atoms with Crippen molar-refractivity contribution < 1.29 is 14.3 Å². The Hall–Kier alpha value is -2.61. The molecule has 2 aliphatic heterocycles. The Kier molecular flexibility index (Phi) is 5.13. The van der Waals surface area contributed by atoms with Gasteiger partial charge in [-0.15, -0.1) is 0 Å². The van der Waals surface area contributed by atoms with Crippen molar-refractivity contribution in [3.05, 3.63) is 29.3 Å². The third-order valence-electron chi connectivity index (χ3n) is 3.80. The van der Waals surface area contributed by atoms with Crippen LogP contribution < -0.4 is 9.47 Å². The van der Waals surface area contributed by atoms with Crippen molar-refractivity contribution in [2.45, 2.75) is 20.3 Å². The Morgan fingerprint density at radius 1 is 1.27 bits per heavy atom. The molecule has 1 N–H and O–H groups in total. The Bertz CT molecular complexity index is 858. The van der Waals surface area contributed by atoms with E-state index in [9.17, 15) is 4.79 Å². The van der Waals surface area contributed by atoms with Crippen molar-refractivity contribution in [3.63, 3.8) is 0 Å². The number of amidine groups is 2. The van der Waals surface area contributed by atoms with E-state index in [1.807, 2.05) is 0 Å². The number of aliphatic imine (C=N–C) groups is 1. The molecule has 0 spiro atoms. The number of hydrogen-bond acceptors (Lipinski definition) is 6. The van der Waals surface area contributed by atoms with Crippen molar-refractivity contribution in [2.24, 2.45) is 16.0 Å². The topological polar surface area (TPSA) is 87.3 Å². The summed E-state index contributed by atoms with van der Waals surface area (Å²) in [6.45, 7) is 4.20. The van der Waals surface area contributed by atoms with Gasteiger partial charge in [0.1, 0.15) is 5.04 Å². The van der Waals surface area contributed by atoms with Crippen LogP contribution in [0.3, 0.4) is 0 Å². The van der Waals surface area contributed by atoms with Crippen LogP contribution in [0.5, 0.6) is 11.5 Å². The fraction of sp³-hybridized carbons (Fsp3) is 0.333. The number of ether oxygens (including phenoxy) is 2. The van der Waals surface area contributed by atoms with Crippen LogP contribution in [0.1, 0.15) is 25.8 Å². The second-order valence-corrected chi connectivity index (χ2v) is 7.27. The number of amides is 1. The molecule has 0 saturated carbocycles. The quantitative estimate of drug-likeness (QED) is 0.801. The van der Waals surface area contributed by atoms with E-state index in [2.05, 4.69) is 23.9 Å². The Morgan fingerprint density at radius 3 is 2.65 bits per heavy atom. The Morgan fingerprint density at radius 2 is 2.00 bits per heavy atom. The van der Waals surface area contributed by atoms with Gasteiger partial charge in [0, 0.05) is 6.42 Å². The van der Waals surface area contributed by atoms with E-state index in [1.54, 1.807) is 38.5 Å². The maximum Gasteiger partial charge on any atom is 0.283 e. The predicted octanol–water partition coefficient (Wildman–Crippen LogP) is 3.37. The predicted molar refractivity (Wildman–Crippen MR) is 104 cm³/mol. The van der Waals surface area contributed by atoms with E-state index in [-0.39, 0.29) is 11.4 Å². The molecule has 3 rings (SSSR count). The summed E-state index contributed by atoms with van der Waals surface area (Å²) in [4.78, 5) is 16.5. The highest BCUT2D eigenvalue weighted by Gasteiger charge is 2.35. The average Bonchev–Trinajstić information content (AvgIpc) is 2.99. The first-order chi connectivity index (χ1) is 12.4. The molecule has 0 unspecified atom stereocenters. The molecule has 0 aromatic heterocycles. The molecule has 2 heterocycles. The van der Waals surface area contributed by atoms with Crippen molar-refractivity contribution in [1.29, 1.82) is 5.41 Å². The summed E-state index contributed by atoms with van der Waals surface area (Å²) in [5, 5.41) is 15.6. The van der Waals surface area contributed by atoms with Gasteiger partial charge in [0.25, 0.3) is 5.91 Å². The number of hydrogen-bond donors (Lipinski definition) is 1. The first-order valence-corrected chi connectivity index (χ1v) is 8.95. The molecule has 8 heteroatoms. The highest BCUT2D eigenvalue weighted by atomic mass is 32.2. The average molecular weight is 372 g/mol. The highest BCUT2D eigenvalue weighted by Crippen LogP contribution is 2.32. The van der Waals surface area contributed by atoms with E-state index in [1.165, 1.54) is 16.8 Å². The minimum absolute atomic E-state index is 0.0287. The molecule has 0 aliphatic carbocycles. The number of thioether (sulfide) groups is 1. The van der Waals surface area contributed by atoms with E-state index in [0.29, 0.717) is 28.1 Å². The number of nitrogens with one attached hydrogen (secondary N) is 1. The summed E-state index contributed by atoms with van der Waals surface area (Å²) >= 11 is 1.35. The molecule has 2 aliphatic rings. The summed E-state index contributed by atoms with van der Waals surface area (Å²) in [6, 6.07) is 5.29. The van der Waals surface area contributed by atoms with Crippen LogP contribution in [0, 0.1) is 11.3 Å². The second kappa shape index (κ2) is 7.33. The van der Waals surface area contributed by atoms with Gasteiger partial charge in [-0.05, 0) is 41.5 Å². The lowest BCUT2D eigenvalue weighted by atomic mass is 10.1. The maximum atomic E-state index is 12.4. The van der Waals surface area contributed by atoms with Gasteiger partial charge in [0.2, 0.25) is 5.17 Å². The number of rotatable bonds is 5. The SMILES string of the molecule is COc1ccc(C=C2C(=N)N3N=C(CC(C)C)SC3=NC2=O)cc1OC. The number of nitrogens with zero attached hydrogens (tertiary/aromatic N) is 3. The third-order valence-corrected chi connectivity index (χ3v) is 4.73. The molecule has 0 saturated heterocycles. The highest BCUT2D eigenvalue weighted by molar-refractivity contribution is 8.26. The van der Waals surface area contributed by atoms with E-state index < -0.39 is 5.91 Å². The largest absolute Gasteiger partial charge is 0.493 e.